The molecule has 0 fully saturated rings. The Morgan fingerprint density at radius 1 is 0.909 bits per heavy atom. The van der Waals surface area contributed by atoms with Crippen molar-refractivity contribution in [1.82, 2.24) is 0 Å². The maximum absolute atomic E-state index is 5.31. The van der Waals surface area contributed by atoms with Gasteiger partial charge in [0, 0.05) is 13.2 Å². The van der Waals surface area contributed by atoms with E-state index in [0.29, 0.717) is 0 Å². The van der Waals surface area contributed by atoms with Gasteiger partial charge in [-0.25, -0.2) is 0 Å². The Hall–Kier alpha value is 0.557. The summed E-state index contributed by atoms with van der Waals surface area (Å²) in [7, 11) is 0. The summed E-state index contributed by atoms with van der Waals surface area (Å²) in [6.07, 6.45) is 4.91. The van der Waals surface area contributed by atoms with Gasteiger partial charge in [-0.1, -0.05) is 26.7 Å². The second-order valence-corrected chi connectivity index (χ2v) is 2.32. The molecular weight excluding hydrogens is 131 g/mol. The second kappa shape index (κ2) is 16.9. The Morgan fingerprint density at radius 3 is 1.55 bits per heavy atom. The molecule has 0 amide bonds. The number of unbranched alkanes of at least 4 members (excludes halogenated alkanes) is 2. The predicted octanol–water partition coefficient (Wildman–Crippen LogP) is 2.81. The molecule has 64 valence electrons. The average molecular weight is 152 g/mol. The molecular formula is C9H21LiO. The van der Waals surface area contributed by atoms with E-state index in [4.69, 9.17) is 4.74 Å². The van der Waals surface area contributed by atoms with Gasteiger partial charge in [0.1, 0.15) is 0 Å². The van der Waals surface area contributed by atoms with Gasteiger partial charge in [-0.05, 0) is 12.8 Å². The molecule has 0 heterocycles. The van der Waals surface area contributed by atoms with Gasteiger partial charge >= 0.3 is 23.3 Å². The van der Waals surface area contributed by atoms with Crippen molar-refractivity contribution in [3.05, 3.63) is 0 Å². The van der Waals surface area contributed by atoms with Crippen molar-refractivity contribution in [3.8, 4) is 0 Å². The third-order valence-corrected chi connectivity index (χ3v) is 1.28. The number of hydrogen-bond acceptors (Lipinski definition) is 1. The average Bonchev–Trinajstić information content (AvgIpc) is 2.08. The number of rotatable bonds is 6. The van der Waals surface area contributed by atoms with Crippen LogP contribution in [0.5, 0.6) is 0 Å². The van der Waals surface area contributed by atoms with Crippen LogP contribution in [0.2, 0.25) is 5.60 Å². The summed E-state index contributed by atoms with van der Waals surface area (Å²) >= 11 is 2.00. The van der Waals surface area contributed by atoms with E-state index < -0.39 is 0 Å². The van der Waals surface area contributed by atoms with Gasteiger partial charge < -0.3 is 4.74 Å². The molecule has 0 aromatic rings. The van der Waals surface area contributed by atoms with Gasteiger partial charge in [-0.2, -0.15) is 0 Å². The van der Waals surface area contributed by atoms with Crippen LogP contribution in [0.4, 0.5) is 0 Å². The van der Waals surface area contributed by atoms with Crippen LogP contribution >= 0.6 is 0 Å². The molecule has 0 radical (unpaired) electrons. The van der Waals surface area contributed by atoms with Crippen molar-refractivity contribution in [2.45, 2.75) is 45.1 Å². The van der Waals surface area contributed by atoms with Crippen LogP contribution in [0.15, 0.2) is 0 Å². The summed E-state index contributed by atoms with van der Waals surface area (Å²) in [5, 5.41) is 0. The minimum absolute atomic E-state index is 0.955. The van der Waals surface area contributed by atoms with E-state index in [1.54, 1.807) is 0 Å². The third-order valence-electron chi connectivity index (χ3n) is 1.28. The minimum atomic E-state index is 0.955. The molecule has 0 rings (SSSR count). The molecule has 0 N–H and O–H groups in total. The summed E-state index contributed by atoms with van der Waals surface area (Å²) in [6, 6.07) is 0. The van der Waals surface area contributed by atoms with Crippen LogP contribution < -0.4 is 0 Å². The molecule has 2 heteroatoms. The molecule has 1 nitrogen and oxygen atoms in total. The molecule has 0 atom stereocenters. The predicted molar refractivity (Wildman–Crippen MR) is 52.3 cm³/mol. The molecule has 0 aliphatic heterocycles. The van der Waals surface area contributed by atoms with Crippen molar-refractivity contribution in [1.29, 1.82) is 0 Å². The first kappa shape index (κ1) is 14.1. The quantitative estimate of drug-likeness (QED) is 0.420. The summed E-state index contributed by atoms with van der Waals surface area (Å²) in [4.78, 5) is 0. The zero-order valence-corrected chi connectivity index (χ0v) is 8.65. The van der Waals surface area contributed by atoms with Gasteiger partial charge in [0.25, 0.3) is 0 Å². The molecule has 0 saturated carbocycles. The first-order valence-corrected chi connectivity index (χ1v) is 4.99. The topological polar surface area (TPSA) is 9.23 Å². The number of ether oxygens (including phenoxy) is 1. The van der Waals surface area contributed by atoms with Crippen molar-refractivity contribution in [3.63, 3.8) is 0 Å². The van der Waals surface area contributed by atoms with Crippen LogP contribution in [0.1, 0.15) is 39.5 Å². The molecule has 0 bridgehead atoms. The van der Waals surface area contributed by atoms with Gasteiger partial charge in [0.15, 0.2) is 0 Å². The van der Waals surface area contributed by atoms with E-state index in [2.05, 4.69) is 13.8 Å². The molecule has 11 heavy (non-hydrogen) atoms. The molecule has 0 saturated heterocycles. The molecule has 0 spiro atoms. The first-order chi connectivity index (χ1) is 5.41. The van der Waals surface area contributed by atoms with Gasteiger partial charge in [-0.15, -0.1) is 0 Å². The third kappa shape index (κ3) is 18.0. The standard InChI is InChI=1S/C8H18O.CH3.Li/c1-3-5-7-9-8-6-4-2;;/h3-8H2,1-2H3;1H3;. The van der Waals surface area contributed by atoms with E-state index in [0.717, 1.165) is 13.2 Å². The van der Waals surface area contributed by atoms with Crippen LogP contribution in [-0.2, 0) is 4.74 Å². The van der Waals surface area contributed by atoms with Crippen molar-refractivity contribution in [2.24, 2.45) is 0 Å². The Morgan fingerprint density at radius 2 is 1.27 bits per heavy atom. The molecule has 0 unspecified atom stereocenters. The van der Waals surface area contributed by atoms with Crippen LogP contribution in [0.3, 0.4) is 0 Å². The molecule has 0 aromatic carbocycles. The van der Waals surface area contributed by atoms with E-state index in [1.807, 2.05) is 23.3 Å². The number of hydrogen-bond donors (Lipinski definition) is 0. The van der Waals surface area contributed by atoms with Gasteiger partial charge in [-0.3, -0.25) is 0 Å². The fourth-order valence-electron chi connectivity index (χ4n) is 0.595. The van der Waals surface area contributed by atoms with E-state index >= 15 is 0 Å². The Balaban J connectivity index is 0. The fraction of sp³-hybridized carbons (Fsp3) is 1.00. The Kier molecular flexibility index (Phi) is 21.6. The van der Waals surface area contributed by atoms with Crippen LogP contribution in [-0.4, -0.2) is 30.9 Å². The summed E-state index contributed by atoms with van der Waals surface area (Å²) in [6.45, 7) is 6.28. The Labute approximate surface area is 81.1 Å². The van der Waals surface area contributed by atoms with Crippen LogP contribution in [0.25, 0.3) is 0 Å². The van der Waals surface area contributed by atoms with E-state index in [9.17, 15) is 0 Å². The van der Waals surface area contributed by atoms with E-state index in [-0.39, 0.29) is 0 Å². The maximum atomic E-state index is 5.31. The molecule has 0 aliphatic rings. The molecule has 0 aromatic heterocycles. The Bertz CT molecular complexity index is 42.8. The zero-order chi connectivity index (χ0) is 8.95. The zero-order valence-electron chi connectivity index (χ0n) is 8.65. The summed E-state index contributed by atoms with van der Waals surface area (Å²) < 4.78 is 5.31. The fourth-order valence-corrected chi connectivity index (χ4v) is 0.595. The summed E-state index contributed by atoms with van der Waals surface area (Å²) in [5.74, 6) is 0. The van der Waals surface area contributed by atoms with Gasteiger partial charge in [0.2, 0.25) is 0 Å². The summed E-state index contributed by atoms with van der Waals surface area (Å²) in [5.41, 5.74) is 2.00. The second-order valence-electron chi connectivity index (χ2n) is 2.32. The van der Waals surface area contributed by atoms with E-state index in [1.165, 1.54) is 25.7 Å². The normalized spacial score (nSPS) is 8.82. The molecule has 0 aliphatic carbocycles. The SMILES string of the molecule is CCCCOCCCC.[Li][CH3]. The van der Waals surface area contributed by atoms with Crippen LogP contribution in [0, 0.1) is 0 Å². The van der Waals surface area contributed by atoms with Crippen molar-refractivity contribution >= 4 is 17.7 Å². The van der Waals surface area contributed by atoms with Crippen molar-refractivity contribution in [2.75, 3.05) is 13.2 Å². The monoisotopic (exact) mass is 152 g/mol. The van der Waals surface area contributed by atoms with Gasteiger partial charge in [0.05, 0.1) is 0 Å². The first-order valence-electron chi connectivity index (χ1n) is 4.99. The van der Waals surface area contributed by atoms with Crippen molar-refractivity contribution < 1.29 is 4.74 Å².